The lowest BCUT2D eigenvalue weighted by molar-refractivity contribution is 0.672. The molecule has 1 aromatic heterocycles. The average Bonchev–Trinajstić information content (AvgIpc) is 3.58. The van der Waals surface area contributed by atoms with Crippen molar-refractivity contribution in [1.29, 1.82) is 0 Å². The van der Waals surface area contributed by atoms with Crippen LogP contribution in [0.3, 0.4) is 0 Å². The number of benzene rings is 9. The molecule has 0 N–H and O–H groups in total. The van der Waals surface area contributed by atoms with Gasteiger partial charge in [-0.25, -0.2) is 0 Å². The van der Waals surface area contributed by atoms with Gasteiger partial charge < -0.3 is 9.32 Å². The fourth-order valence-electron chi connectivity index (χ4n) is 7.59. The Hall–Kier alpha value is -6.64. The van der Waals surface area contributed by atoms with Crippen LogP contribution in [-0.4, -0.2) is 0 Å². The van der Waals surface area contributed by atoms with E-state index in [-0.39, 0.29) is 0 Å². The number of hydrogen-bond donors (Lipinski definition) is 0. The molecule has 10 rings (SSSR count). The van der Waals surface area contributed by atoms with Gasteiger partial charge in [-0.15, -0.1) is 0 Å². The van der Waals surface area contributed by atoms with Crippen LogP contribution >= 0.6 is 0 Å². The highest BCUT2D eigenvalue weighted by Gasteiger charge is 2.15. The highest BCUT2D eigenvalue weighted by Crippen LogP contribution is 2.40. The second kappa shape index (κ2) is 11.5. The number of rotatable bonds is 5. The summed E-state index contributed by atoms with van der Waals surface area (Å²) in [5, 5.41) is 9.70. The Morgan fingerprint density at radius 3 is 1.68 bits per heavy atom. The fourth-order valence-corrected chi connectivity index (χ4v) is 7.59. The first-order valence-corrected chi connectivity index (χ1v) is 17.1. The monoisotopic (exact) mass is 637 g/mol. The SMILES string of the molecule is c1ccc(N(c2ccc(-c3ccc4ccc5c6ccccc6oc5c4c3)cc2)c2ccc(-c3cc4ccccc4c4ccccc34)cc2)cc1. The van der Waals surface area contributed by atoms with Crippen LogP contribution in [0.4, 0.5) is 17.1 Å². The van der Waals surface area contributed by atoms with E-state index in [4.69, 9.17) is 4.42 Å². The van der Waals surface area contributed by atoms with Gasteiger partial charge in [0.05, 0.1) is 0 Å². The second-order valence-electron chi connectivity index (χ2n) is 12.9. The highest BCUT2D eigenvalue weighted by molar-refractivity contribution is 6.16. The molecule has 0 atom stereocenters. The molecule has 0 fully saturated rings. The summed E-state index contributed by atoms with van der Waals surface area (Å²) < 4.78 is 6.37. The maximum atomic E-state index is 6.37. The van der Waals surface area contributed by atoms with E-state index in [9.17, 15) is 0 Å². The van der Waals surface area contributed by atoms with Crippen LogP contribution in [0, 0.1) is 0 Å². The number of fused-ring (bicyclic) bond motifs is 8. The molecule has 234 valence electrons. The van der Waals surface area contributed by atoms with E-state index in [0.29, 0.717) is 0 Å². The Morgan fingerprint density at radius 1 is 0.320 bits per heavy atom. The standard InChI is InChI=1S/C48H31NO/c1-2-11-37(12-3-1)49(39-27-22-33(23-28-39)45-31-36-10-4-5-13-40(36)41-14-6-7-15-42(41)45)38-25-20-32(21-26-38)35-19-18-34-24-29-44-43-16-8-9-17-47(43)50-48(44)46(34)30-35/h1-31H. The maximum absolute atomic E-state index is 6.37. The largest absolute Gasteiger partial charge is 0.455 e. The number of para-hydroxylation sites is 2. The Balaban J connectivity index is 1.03. The minimum atomic E-state index is 0.921. The number of nitrogens with zero attached hydrogens (tertiary/aromatic N) is 1. The molecule has 0 unspecified atom stereocenters. The van der Waals surface area contributed by atoms with Crippen molar-refractivity contribution in [3.05, 3.63) is 188 Å². The molecular formula is C48H31NO. The Bertz CT molecular complexity index is 2850. The van der Waals surface area contributed by atoms with Crippen LogP contribution < -0.4 is 4.90 Å². The van der Waals surface area contributed by atoms with Gasteiger partial charge in [-0.1, -0.05) is 127 Å². The first-order valence-electron chi connectivity index (χ1n) is 17.1. The van der Waals surface area contributed by atoms with Gasteiger partial charge in [0.25, 0.3) is 0 Å². The van der Waals surface area contributed by atoms with Crippen molar-refractivity contribution in [1.82, 2.24) is 0 Å². The third kappa shape index (κ3) is 4.65. The zero-order chi connectivity index (χ0) is 33.0. The molecule has 0 amide bonds. The summed E-state index contributed by atoms with van der Waals surface area (Å²) in [5.41, 5.74) is 9.96. The smallest absolute Gasteiger partial charge is 0.143 e. The molecule has 0 aliphatic heterocycles. The first kappa shape index (κ1) is 28.4. The molecule has 50 heavy (non-hydrogen) atoms. The molecule has 9 aromatic carbocycles. The molecule has 0 spiro atoms. The van der Waals surface area contributed by atoms with Crippen molar-refractivity contribution in [2.24, 2.45) is 0 Å². The lowest BCUT2D eigenvalue weighted by atomic mass is 9.93. The Kier molecular flexibility index (Phi) is 6.53. The summed E-state index contributed by atoms with van der Waals surface area (Å²) in [6.45, 7) is 0. The molecule has 2 heteroatoms. The van der Waals surface area contributed by atoms with Gasteiger partial charge in [0, 0.05) is 33.2 Å². The maximum Gasteiger partial charge on any atom is 0.143 e. The van der Waals surface area contributed by atoms with Crippen molar-refractivity contribution in [2.45, 2.75) is 0 Å². The average molecular weight is 638 g/mol. The van der Waals surface area contributed by atoms with Gasteiger partial charge in [0.2, 0.25) is 0 Å². The van der Waals surface area contributed by atoms with Crippen molar-refractivity contribution < 1.29 is 4.42 Å². The van der Waals surface area contributed by atoms with E-state index in [1.54, 1.807) is 0 Å². The fraction of sp³-hybridized carbons (Fsp3) is 0. The van der Waals surface area contributed by atoms with E-state index < -0.39 is 0 Å². The summed E-state index contributed by atoms with van der Waals surface area (Å²) in [6.07, 6.45) is 0. The van der Waals surface area contributed by atoms with Crippen molar-refractivity contribution in [3.8, 4) is 22.3 Å². The number of furan rings is 1. The molecule has 2 nitrogen and oxygen atoms in total. The lowest BCUT2D eigenvalue weighted by Gasteiger charge is -2.26. The number of anilines is 3. The van der Waals surface area contributed by atoms with Gasteiger partial charge in [0.1, 0.15) is 11.2 Å². The summed E-state index contributed by atoms with van der Waals surface area (Å²) in [6, 6.07) is 67.5. The zero-order valence-electron chi connectivity index (χ0n) is 27.3. The van der Waals surface area contributed by atoms with Gasteiger partial charge in [-0.2, -0.15) is 0 Å². The summed E-state index contributed by atoms with van der Waals surface area (Å²) >= 11 is 0. The molecule has 10 aromatic rings. The molecular weight excluding hydrogens is 607 g/mol. The molecule has 0 aliphatic carbocycles. The van der Waals surface area contributed by atoms with Crippen LogP contribution in [0.15, 0.2) is 192 Å². The molecule has 0 saturated carbocycles. The Labute approximate surface area is 290 Å². The van der Waals surface area contributed by atoms with E-state index in [1.807, 2.05) is 12.1 Å². The van der Waals surface area contributed by atoms with E-state index >= 15 is 0 Å². The quantitative estimate of drug-likeness (QED) is 0.175. The molecule has 0 saturated heterocycles. The predicted molar refractivity (Wildman–Crippen MR) is 212 cm³/mol. The van der Waals surface area contributed by atoms with Crippen molar-refractivity contribution >= 4 is 71.3 Å². The minimum absolute atomic E-state index is 0.921. The second-order valence-corrected chi connectivity index (χ2v) is 12.9. The Morgan fingerprint density at radius 2 is 0.900 bits per heavy atom. The third-order valence-electron chi connectivity index (χ3n) is 10.0. The van der Waals surface area contributed by atoms with Crippen LogP contribution in [0.5, 0.6) is 0 Å². The van der Waals surface area contributed by atoms with Crippen molar-refractivity contribution in [3.63, 3.8) is 0 Å². The minimum Gasteiger partial charge on any atom is -0.455 e. The van der Waals surface area contributed by atoms with Crippen LogP contribution in [0.2, 0.25) is 0 Å². The van der Waals surface area contributed by atoms with Gasteiger partial charge in [-0.05, 0) is 110 Å². The topological polar surface area (TPSA) is 16.4 Å². The van der Waals surface area contributed by atoms with Crippen LogP contribution in [0.25, 0.3) is 76.5 Å². The van der Waals surface area contributed by atoms with Gasteiger partial charge in [-0.3, -0.25) is 0 Å². The molecule has 0 radical (unpaired) electrons. The van der Waals surface area contributed by atoms with E-state index in [2.05, 4.69) is 181 Å². The molecule has 0 bridgehead atoms. The predicted octanol–water partition coefficient (Wildman–Crippen LogP) is 13.8. The normalized spacial score (nSPS) is 11.6. The summed E-state index contributed by atoms with van der Waals surface area (Å²) in [4.78, 5) is 2.32. The van der Waals surface area contributed by atoms with Gasteiger partial charge in [0.15, 0.2) is 0 Å². The third-order valence-corrected chi connectivity index (χ3v) is 10.0. The summed E-state index contributed by atoms with van der Waals surface area (Å²) in [7, 11) is 0. The lowest BCUT2D eigenvalue weighted by Crippen LogP contribution is -2.09. The highest BCUT2D eigenvalue weighted by atomic mass is 16.3. The molecule has 1 heterocycles. The number of hydrogen-bond acceptors (Lipinski definition) is 2. The zero-order valence-corrected chi connectivity index (χ0v) is 27.3. The van der Waals surface area contributed by atoms with Crippen LogP contribution in [0.1, 0.15) is 0 Å². The van der Waals surface area contributed by atoms with Crippen molar-refractivity contribution in [2.75, 3.05) is 4.90 Å². The summed E-state index contributed by atoms with van der Waals surface area (Å²) in [5.74, 6) is 0. The van der Waals surface area contributed by atoms with E-state index in [0.717, 1.165) is 55.5 Å². The first-order chi connectivity index (χ1) is 24.8. The van der Waals surface area contributed by atoms with Crippen LogP contribution in [-0.2, 0) is 0 Å². The molecule has 0 aliphatic rings. The van der Waals surface area contributed by atoms with E-state index in [1.165, 1.54) is 38.1 Å². The van der Waals surface area contributed by atoms with Gasteiger partial charge >= 0.3 is 0 Å².